The maximum atomic E-state index is 5.40. The van der Waals surface area contributed by atoms with E-state index in [1.807, 2.05) is 11.7 Å². The molecule has 3 heteroatoms. The van der Waals surface area contributed by atoms with E-state index in [0.29, 0.717) is 0 Å². The highest BCUT2D eigenvalue weighted by molar-refractivity contribution is 5.26. The first-order valence-corrected chi connectivity index (χ1v) is 4.38. The van der Waals surface area contributed by atoms with E-state index < -0.39 is 0 Å². The third kappa shape index (κ3) is 1.14. The highest BCUT2D eigenvalue weighted by Gasteiger charge is 2.15. The topological polar surface area (TPSA) is 27.1 Å². The van der Waals surface area contributed by atoms with E-state index in [4.69, 9.17) is 4.74 Å². The normalized spacial score (nSPS) is 17.2. The minimum atomic E-state index is 0.839. The minimum absolute atomic E-state index is 0.839. The van der Waals surface area contributed by atoms with Crippen LogP contribution >= 0.6 is 0 Å². The fourth-order valence-electron chi connectivity index (χ4n) is 1.83. The van der Waals surface area contributed by atoms with Crippen LogP contribution in [0.1, 0.15) is 17.0 Å². The van der Waals surface area contributed by atoms with Crippen LogP contribution in [0.3, 0.4) is 0 Å². The van der Waals surface area contributed by atoms with Gasteiger partial charge in [0, 0.05) is 19.2 Å². The molecular formula is C9H14N2O. The average Bonchev–Trinajstić information content (AvgIpc) is 2.29. The first-order valence-electron chi connectivity index (χ1n) is 4.38. The molecule has 3 nitrogen and oxygen atoms in total. The molecule has 0 unspecified atom stereocenters. The predicted molar refractivity (Wildman–Crippen MR) is 46.2 cm³/mol. The van der Waals surface area contributed by atoms with Gasteiger partial charge in [-0.2, -0.15) is 5.10 Å². The Kier molecular flexibility index (Phi) is 1.89. The molecule has 0 saturated carbocycles. The molecule has 1 aliphatic heterocycles. The molecule has 0 aromatic carbocycles. The predicted octanol–water partition coefficient (Wildman–Crippen LogP) is 0.844. The van der Waals surface area contributed by atoms with E-state index in [1.165, 1.54) is 11.3 Å². The Balaban J connectivity index is 2.44. The molecule has 12 heavy (non-hydrogen) atoms. The van der Waals surface area contributed by atoms with E-state index in [9.17, 15) is 0 Å². The molecule has 1 aromatic heterocycles. The number of hydrogen-bond donors (Lipinski definition) is 0. The van der Waals surface area contributed by atoms with Gasteiger partial charge in [-0.15, -0.1) is 0 Å². The van der Waals surface area contributed by atoms with E-state index >= 15 is 0 Å². The van der Waals surface area contributed by atoms with Crippen molar-refractivity contribution in [1.29, 1.82) is 0 Å². The highest BCUT2D eigenvalue weighted by atomic mass is 16.5. The molecule has 0 bridgehead atoms. The van der Waals surface area contributed by atoms with Gasteiger partial charge in [0.05, 0.1) is 18.9 Å². The fraction of sp³-hybridized carbons (Fsp3) is 0.667. The minimum Gasteiger partial charge on any atom is -0.381 e. The Hall–Kier alpha value is -0.830. The maximum absolute atomic E-state index is 5.40. The maximum Gasteiger partial charge on any atom is 0.0629 e. The zero-order valence-corrected chi connectivity index (χ0v) is 7.63. The van der Waals surface area contributed by atoms with E-state index in [1.54, 1.807) is 0 Å². The second-order valence-corrected chi connectivity index (χ2v) is 3.25. The molecule has 1 aromatic rings. The monoisotopic (exact) mass is 166 g/mol. The quantitative estimate of drug-likeness (QED) is 0.571. The van der Waals surface area contributed by atoms with Gasteiger partial charge in [0.2, 0.25) is 0 Å². The zero-order valence-electron chi connectivity index (χ0n) is 7.63. The Morgan fingerprint density at radius 3 is 2.92 bits per heavy atom. The van der Waals surface area contributed by atoms with Crippen LogP contribution in [0, 0.1) is 6.92 Å². The van der Waals surface area contributed by atoms with Gasteiger partial charge in [-0.25, -0.2) is 0 Å². The zero-order chi connectivity index (χ0) is 8.55. The van der Waals surface area contributed by atoms with Gasteiger partial charge < -0.3 is 4.74 Å². The number of nitrogens with zero attached hydrogens (tertiary/aromatic N) is 2. The van der Waals surface area contributed by atoms with Gasteiger partial charge in [0.25, 0.3) is 0 Å². The van der Waals surface area contributed by atoms with Gasteiger partial charge in [-0.1, -0.05) is 0 Å². The number of aromatic nitrogens is 2. The van der Waals surface area contributed by atoms with Crippen LogP contribution in [0.15, 0.2) is 0 Å². The second-order valence-electron chi connectivity index (χ2n) is 3.25. The van der Waals surface area contributed by atoms with Crippen LogP contribution in [0.2, 0.25) is 0 Å². The summed E-state index contributed by atoms with van der Waals surface area (Å²) in [5.41, 5.74) is 3.91. The molecule has 0 fully saturated rings. The lowest BCUT2D eigenvalue weighted by Gasteiger charge is -1.98. The van der Waals surface area contributed by atoms with Gasteiger partial charge >= 0.3 is 0 Å². The number of hydrogen-bond acceptors (Lipinski definition) is 2. The molecule has 0 aliphatic carbocycles. The standard InChI is InChI=1S/C9H14N2O/c1-7-8-3-5-12-6-4-9(8)11(2)10-7/h3-6H2,1-2H3. The molecule has 2 rings (SSSR count). The van der Waals surface area contributed by atoms with Crippen LogP contribution in [0.5, 0.6) is 0 Å². The van der Waals surface area contributed by atoms with E-state index in [-0.39, 0.29) is 0 Å². The molecule has 0 atom stereocenters. The first-order chi connectivity index (χ1) is 5.79. The fourth-order valence-corrected chi connectivity index (χ4v) is 1.83. The van der Waals surface area contributed by atoms with Crippen molar-refractivity contribution in [2.24, 2.45) is 7.05 Å². The van der Waals surface area contributed by atoms with Crippen LogP contribution in [-0.4, -0.2) is 23.0 Å². The highest BCUT2D eigenvalue weighted by Crippen LogP contribution is 2.16. The molecule has 0 radical (unpaired) electrons. The lowest BCUT2D eigenvalue weighted by molar-refractivity contribution is 0.145. The van der Waals surface area contributed by atoms with Crippen molar-refractivity contribution >= 4 is 0 Å². The number of ether oxygens (including phenoxy) is 1. The van der Waals surface area contributed by atoms with E-state index in [2.05, 4.69) is 12.0 Å². The summed E-state index contributed by atoms with van der Waals surface area (Å²) in [6.45, 7) is 3.76. The third-order valence-corrected chi connectivity index (χ3v) is 2.46. The van der Waals surface area contributed by atoms with Crippen LogP contribution in [-0.2, 0) is 24.6 Å². The number of rotatable bonds is 0. The third-order valence-electron chi connectivity index (χ3n) is 2.46. The van der Waals surface area contributed by atoms with Gasteiger partial charge in [-0.3, -0.25) is 4.68 Å². The molecular weight excluding hydrogens is 152 g/mol. The van der Waals surface area contributed by atoms with Crippen molar-refractivity contribution in [3.63, 3.8) is 0 Å². The van der Waals surface area contributed by atoms with E-state index in [0.717, 1.165) is 31.7 Å². The Labute approximate surface area is 72.3 Å². The van der Waals surface area contributed by atoms with Gasteiger partial charge in [-0.05, 0) is 18.9 Å². The van der Waals surface area contributed by atoms with Crippen molar-refractivity contribution in [2.45, 2.75) is 19.8 Å². The molecule has 66 valence electrons. The largest absolute Gasteiger partial charge is 0.381 e. The van der Waals surface area contributed by atoms with Crippen LogP contribution in [0.4, 0.5) is 0 Å². The molecule has 0 saturated heterocycles. The summed E-state index contributed by atoms with van der Waals surface area (Å²) in [5.74, 6) is 0. The summed E-state index contributed by atoms with van der Waals surface area (Å²) < 4.78 is 7.39. The summed E-state index contributed by atoms with van der Waals surface area (Å²) in [7, 11) is 2.01. The van der Waals surface area contributed by atoms with Crippen LogP contribution < -0.4 is 0 Å². The SMILES string of the molecule is Cc1nn(C)c2c1CCOCC2. The molecule has 1 aliphatic rings. The van der Waals surface area contributed by atoms with Crippen molar-refractivity contribution in [1.82, 2.24) is 9.78 Å². The Morgan fingerprint density at radius 1 is 1.33 bits per heavy atom. The van der Waals surface area contributed by atoms with Gasteiger partial charge in [0.1, 0.15) is 0 Å². The Morgan fingerprint density at radius 2 is 2.08 bits per heavy atom. The van der Waals surface area contributed by atoms with Crippen molar-refractivity contribution in [3.8, 4) is 0 Å². The lowest BCUT2D eigenvalue weighted by atomic mass is 10.1. The number of aryl methyl sites for hydroxylation is 2. The summed E-state index contributed by atoms with van der Waals surface area (Å²) >= 11 is 0. The summed E-state index contributed by atoms with van der Waals surface area (Å²) in [6, 6.07) is 0. The lowest BCUT2D eigenvalue weighted by Crippen LogP contribution is -2.01. The molecule has 0 N–H and O–H groups in total. The molecule has 0 amide bonds. The average molecular weight is 166 g/mol. The summed E-state index contributed by atoms with van der Waals surface area (Å²) in [5, 5.41) is 4.40. The van der Waals surface area contributed by atoms with Crippen molar-refractivity contribution < 1.29 is 4.74 Å². The smallest absolute Gasteiger partial charge is 0.0629 e. The van der Waals surface area contributed by atoms with Gasteiger partial charge in [0.15, 0.2) is 0 Å². The first kappa shape index (κ1) is 7.80. The Bertz CT molecular complexity index is 264. The summed E-state index contributed by atoms with van der Waals surface area (Å²) in [4.78, 5) is 0. The molecule has 2 heterocycles. The molecule has 0 spiro atoms. The number of fused-ring (bicyclic) bond motifs is 1. The van der Waals surface area contributed by atoms with Crippen molar-refractivity contribution in [3.05, 3.63) is 17.0 Å². The van der Waals surface area contributed by atoms with Crippen LogP contribution in [0.25, 0.3) is 0 Å². The summed E-state index contributed by atoms with van der Waals surface area (Å²) in [6.07, 6.45) is 2.03. The van der Waals surface area contributed by atoms with Crippen molar-refractivity contribution in [2.75, 3.05) is 13.2 Å². The second kappa shape index (κ2) is 2.90.